The Kier molecular flexibility index (Phi) is 8.37. The third-order valence-corrected chi connectivity index (χ3v) is 9.99. The van der Waals surface area contributed by atoms with Crippen molar-refractivity contribution in [3.8, 4) is 5.75 Å². The van der Waals surface area contributed by atoms with Gasteiger partial charge in [0.15, 0.2) is 0 Å². The molecular weight excluding hydrogens is 584 g/mol. The van der Waals surface area contributed by atoms with Crippen LogP contribution in [0.15, 0.2) is 36.4 Å². The van der Waals surface area contributed by atoms with Gasteiger partial charge in [-0.2, -0.15) is 0 Å². The maximum absolute atomic E-state index is 14.5. The highest BCUT2D eigenvalue weighted by molar-refractivity contribution is 6.31. The molecule has 0 radical (unpaired) electrons. The molecule has 1 saturated carbocycles. The first-order chi connectivity index (χ1) is 21.2. The number of carbonyl (C=O) groups is 5. The number of ether oxygens (including phenoxy) is 1. The van der Waals surface area contributed by atoms with E-state index < -0.39 is 29.7 Å². The maximum Gasteiger partial charge on any atom is 0.261 e. The second kappa shape index (κ2) is 12.2. The lowest BCUT2D eigenvalue weighted by Gasteiger charge is -2.43. The van der Waals surface area contributed by atoms with Crippen molar-refractivity contribution >= 4 is 41.1 Å². The van der Waals surface area contributed by atoms with Crippen molar-refractivity contribution in [3.63, 3.8) is 0 Å². The van der Waals surface area contributed by atoms with Gasteiger partial charge in [0.25, 0.3) is 11.8 Å². The van der Waals surface area contributed by atoms with Crippen LogP contribution in [0, 0.1) is 11.8 Å². The van der Waals surface area contributed by atoms with E-state index in [2.05, 4.69) is 5.32 Å². The Balaban J connectivity index is 1.40. The molecule has 3 aliphatic heterocycles. The van der Waals surface area contributed by atoms with E-state index in [1.54, 1.807) is 53.2 Å². The van der Waals surface area contributed by atoms with Crippen molar-refractivity contribution in [2.24, 2.45) is 11.8 Å². The highest BCUT2D eigenvalue weighted by Gasteiger charge is 2.45. The number of nitrogens with one attached hydrogen (secondary N) is 1. The maximum atomic E-state index is 14.5. The number of hydrogen-bond acceptors (Lipinski definition) is 6. The van der Waals surface area contributed by atoms with Crippen LogP contribution >= 0.6 is 11.6 Å². The van der Waals surface area contributed by atoms with Crippen LogP contribution in [-0.2, 0) is 20.8 Å². The Morgan fingerprint density at radius 3 is 2.27 bits per heavy atom. The van der Waals surface area contributed by atoms with E-state index in [-0.39, 0.29) is 30.4 Å². The molecule has 1 aliphatic carbocycles. The van der Waals surface area contributed by atoms with Gasteiger partial charge in [0.05, 0.1) is 30.3 Å². The molecule has 0 bridgehead atoms. The van der Waals surface area contributed by atoms with E-state index in [1.807, 2.05) is 0 Å². The van der Waals surface area contributed by atoms with E-state index in [0.717, 1.165) is 18.4 Å². The van der Waals surface area contributed by atoms with E-state index in [9.17, 15) is 24.0 Å². The van der Waals surface area contributed by atoms with E-state index in [4.69, 9.17) is 16.3 Å². The number of amides is 5. The van der Waals surface area contributed by atoms with Gasteiger partial charge >= 0.3 is 0 Å². The molecule has 232 valence electrons. The molecule has 44 heavy (non-hydrogen) atoms. The van der Waals surface area contributed by atoms with Crippen LogP contribution < -0.4 is 10.1 Å². The van der Waals surface area contributed by atoms with Gasteiger partial charge in [-0.05, 0) is 49.1 Å². The first-order valence-corrected chi connectivity index (χ1v) is 15.8. The summed E-state index contributed by atoms with van der Waals surface area (Å²) in [5.41, 5.74) is 2.14. The predicted octanol–water partition coefficient (Wildman–Crippen LogP) is 3.61. The Morgan fingerprint density at radius 2 is 1.64 bits per heavy atom. The number of nitrogens with zero attached hydrogens (tertiary/aromatic N) is 3. The van der Waals surface area contributed by atoms with Crippen molar-refractivity contribution in [1.82, 2.24) is 20.0 Å². The van der Waals surface area contributed by atoms with Gasteiger partial charge in [-0.15, -0.1) is 0 Å². The molecule has 4 atom stereocenters. The number of hydrogen-bond donors (Lipinski definition) is 1. The second-order valence-corrected chi connectivity index (χ2v) is 12.5. The summed E-state index contributed by atoms with van der Waals surface area (Å²) >= 11 is 6.76. The Labute approximate surface area is 261 Å². The van der Waals surface area contributed by atoms with Gasteiger partial charge in [0, 0.05) is 55.9 Å². The van der Waals surface area contributed by atoms with E-state index in [0.29, 0.717) is 72.8 Å². The molecule has 4 aliphatic rings. The summed E-state index contributed by atoms with van der Waals surface area (Å²) < 4.78 is 6.53. The fraction of sp³-hybridized carbons (Fsp3) is 0.485. The lowest BCUT2D eigenvalue weighted by molar-refractivity contribution is -0.146. The molecule has 1 N–H and O–H groups in total. The first kappa shape index (κ1) is 30.1. The average molecular weight is 621 g/mol. The van der Waals surface area contributed by atoms with E-state index in [1.165, 1.54) is 11.8 Å². The summed E-state index contributed by atoms with van der Waals surface area (Å²) in [6, 6.07) is 9.52. The van der Waals surface area contributed by atoms with Crippen LogP contribution in [0.3, 0.4) is 0 Å². The van der Waals surface area contributed by atoms with Gasteiger partial charge in [-0.25, -0.2) is 0 Å². The molecule has 11 heteroatoms. The zero-order chi connectivity index (χ0) is 31.1. The van der Waals surface area contributed by atoms with Gasteiger partial charge in [0.1, 0.15) is 11.9 Å². The third-order valence-electron chi connectivity index (χ3n) is 9.64. The van der Waals surface area contributed by atoms with Crippen LogP contribution in [0.5, 0.6) is 5.75 Å². The summed E-state index contributed by atoms with van der Waals surface area (Å²) in [5, 5.41) is 3.24. The minimum absolute atomic E-state index is 0.0207. The molecule has 2 fully saturated rings. The number of benzene rings is 2. The van der Waals surface area contributed by atoms with Gasteiger partial charge < -0.3 is 19.9 Å². The van der Waals surface area contributed by atoms with Crippen LogP contribution in [0.1, 0.15) is 76.9 Å². The zero-order valence-corrected chi connectivity index (χ0v) is 25.8. The summed E-state index contributed by atoms with van der Waals surface area (Å²) in [4.78, 5) is 71.1. The largest absolute Gasteiger partial charge is 0.488 e. The first-order valence-electron chi connectivity index (χ1n) is 15.4. The van der Waals surface area contributed by atoms with Crippen molar-refractivity contribution in [2.75, 3.05) is 33.2 Å². The molecule has 5 amide bonds. The summed E-state index contributed by atoms with van der Waals surface area (Å²) in [5.74, 6) is -1.61. The van der Waals surface area contributed by atoms with Crippen molar-refractivity contribution in [2.45, 2.75) is 57.6 Å². The molecule has 0 aromatic heterocycles. The monoisotopic (exact) mass is 620 g/mol. The number of rotatable bonds is 6. The highest BCUT2D eigenvalue weighted by Crippen LogP contribution is 2.44. The standard InChI is InChI=1S/C33H37ClN4O6/c1-19(39)36-15-13-20(17-36)44-28-12-11-26(34)25-14-16-37(31(41)22-8-4-3-7-21(22)30(40)35-2)27(29(25)28)18-38-32(42)23-9-5-6-10-24(23)33(38)43/h5-6,9-12,20-22,27H,3-4,7-8,13-18H2,1-2H3,(H,35,40)/t20-,21-,22+,27?/m0/s1. The highest BCUT2D eigenvalue weighted by atomic mass is 35.5. The lowest BCUT2D eigenvalue weighted by Crippen LogP contribution is -2.51. The Morgan fingerprint density at radius 1 is 0.955 bits per heavy atom. The number of carbonyl (C=O) groups excluding carboxylic acids is 5. The third kappa shape index (κ3) is 5.33. The topological polar surface area (TPSA) is 116 Å². The fourth-order valence-electron chi connectivity index (χ4n) is 7.34. The molecule has 3 heterocycles. The normalized spacial score (nSPS) is 24.7. The van der Waals surface area contributed by atoms with Crippen LogP contribution in [-0.4, -0.2) is 83.6 Å². The minimum atomic E-state index is -0.736. The van der Waals surface area contributed by atoms with Gasteiger partial charge in [-0.1, -0.05) is 36.6 Å². The number of likely N-dealkylation sites (tertiary alicyclic amines) is 1. The summed E-state index contributed by atoms with van der Waals surface area (Å²) in [6.07, 6.45) is 3.77. The quantitative estimate of drug-likeness (QED) is 0.493. The fourth-order valence-corrected chi connectivity index (χ4v) is 7.60. The molecule has 10 nitrogen and oxygen atoms in total. The zero-order valence-electron chi connectivity index (χ0n) is 25.0. The lowest BCUT2D eigenvalue weighted by atomic mass is 9.77. The van der Waals surface area contributed by atoms with Crippen molar-refractivity contribution < 1.29 is 28.7 Å². The predicted molar refractivity (Wildman–Crippen MR) is 162 cm³/mol. The Hall–Kier alpha value is -3.92. The number of imide groups is 1. The van der Waals surface area contributed by atoms with Crippen LogP contribution in [0.25, 0.3) is 0 Å². The summed E-state index contributed by atoms with van der Waals surface area (Å²) in [7, 11) is 1.59. The number of halogens is 1. The molecule has 2 aromatic carbocycles. The minimum Gasteiger partial charge on any atom is -0.488 e. The molecule has 6 rings (SSSR count). The Bertz CT molecular complexity index is 1490. The van der Waals surface area contributed by atoms with Crippen molar-refractivity contribution in [1.29, 1.82) is 0 Å². The van der Waals surface area contributed by atoms with Crippen LogP contribution in [0.2, 0.25) is 5.02 Å². The van der Waals surface area contributed by atoms with Crippen LogP contribution in [0.4, 0.5) is 0 Å². The van der Waals surface area contributed by atoms with Gasteiger partial charge in [0.2, 0.25) is 17.7 Å². The molecular formula is C33H37ClN4O6. The second-order valence-electron chi connectivity index (χ2n) is 12.1. The van der Waals surface area contributed by atoms with E-state index >= 15 is 0 Å². The molecule has 2 aromatic rings. The molecule has 0 spiro atoms. The van der Waals surface area contributed by atoms with Gasteiger partial charge in [-0.3, -0.25) is 28.9 Å². The molecule has 1 unspecified atom stereocenters. The number of fused-ring (bicyclic) bond motifs is 2. The average Bonchev–Trinajstić information content (AvgIpc) is 3.61. The molecule has 1 saturated heterocycles. The smallest absolute Gasteiger partial charge is 0.261 e. The van der Waals surface area contributed by atoms with Crippen molar-refractivity contribution in [3.05, 3.63) is 63.7 Å². The summed E-state index contributed by atoms with van der Waals surface area (Å²) in [6.45, 7) is 2.80. The SMILES string of the molecule is CNC(=O)[C@H]1CCCC[C@H]1C(=O)N1CCc2c(Cl)ccc(O[C@H]3CCN(C(C)=O)C3)c2C1CN1C(=O)c2ccccc2C1=O.